The van der Waals surface area contributed by atoms with E-state index < -0.39 is 0 Å². The zero-order valence-corrected chi connectivity index (χ0v) is 16.3. The Kier molecular flexibility index (Phi) is 4.85. The van der Waals surface area contributed by atoms with Crippen molar-refractivity contribution in [2.45, 2.75) is 72.4 Å². The standard InChI is InChI=1S/C20H30N4O/c1-12(2)17-10-15(16-11-21-24(14(5)6)19(16)22-17)20(25)23-9-7-8-18(23)13(3)4/h10-14,18H,7-9H2,1-6H3. The monoisotopic (exact) mass is 342 g/mol. The Morgan fingerprint density at radius 3 is 2.52 bits per heavy atom. The number of nitrogens with zero attached hydrogens (tertiary/aromatic N) is 4. The summed E-state index contributed by atoms with van der Waals surface area (Å²) in [7, 11) is 0. The summed E-state index contributed by atoms with van der Waals surface area (Å²) in [5.74, 6) is 0.881. The molecule has 1 saturated heterocycles. The van der Waals surface area contributed by atoms with Crippen LogP contribution in [0, 0.1) is 5.92 Å². The van der Waals surface area contributed by atoms with E-state index in [0.717, 1.165) is 41.7 Å². The quantitative estimate of drug-likeness (QED) is 0.827. The van der Waals surface area contributed by atoms with Crippen molar-refractivity contribution in [3.05, 3.63) is 23.5 Å². The first-order valence-electron chi connectivity index (χ1n) is 9.50. The molecule has 25 heavy (non-hydrogen) atoms. The predicted molar refractivity (Wildman–Crippen MR) is 101 cm³/mol. The number of hydrogen-bond donors (Lipinski definition) is 0. The van der Waals surface area contributed by atoms with E-state index in [-0.39, 0.29) is 17.9 Å². The SMILES string of the molecule is CC(C)c1cc(C(=O)N2CCCC2C(C)C)c2cnn(C(C)C)c2n1. The first-order valence-corrected chi connectivity index (χ1v) is 9.50. The van der Waals surface area contributed by atoms with Crippen LogP contribution in [0.2, 0.25) is 0 Å². The maximum absolute atomic E-state index is 13.4. The zero-order valence-electron chi connectivity index (χ0n) is 16.3. The minimum Gasteiger partial charge on any atom is -0.335 e. The number of pyridine rings is 1. The van der Waals surface area contributed by atoms with Crippen LogP contribution >= 0.6 is 0 Å². The van der Waals surface area contributed by atoms with Crippen molar-refractivity contribution in [3.8, 4) is 0 Å². The molecule has 1 amide bonds. The van der Waals surface area contributed by atoms with Crippen molar-refractivity contribution < 1.29 is 4.79 Å². The largest absolute Gasteiger partial charge is 0.335 e. The number of fused-ring (bicyclic) bond motifs is 1. The first-order chi connectivity index (χ1) is 11.8. The van der Waals surface area contributed by atoms with Crippen LogP contribution in [0.4, 0.5) is 0 Å². The highest BCUT2D eigenvalue weighted by Gasteiger charge is 2.33. The van der Waals surface area contributed by atoms with E-state index in [1.165, 1.54) is 0 Å². The van der Waals surface area contributed by atoms with Crippen molar-refractivity contribution >= 4 is 16.9 Å². The molecule has 0 N–H and O–H groups in total. The highest BCUT2D eigenvalue weighted by atomic mass is 16.2. The van der Waals surface area contributed by atoms with Gasteiger partial charge in [0.15, 0.2) is 5.65 Å². The summed E-state index contributed by atoms with van der Waals surface area (Å²) in [6, 6.07) is 2.53. The number of carbonyl (C=O) groups is 1. The van der Waals surface area contributed by atoms with Gasteiger partial charge in [-0.2, -0.15) is 5.10 Å². The van der Waals surface area contributed by atoms with Gasteiger partial charge < -0.3 is 4.90 Å². The lowest BCUT2D eigenvalue weighted by Crippen LogP contribution is -2.38. The molecular weight excluding hydrogens is 312 g/mol. The van der Waals surface area contributed by atoms with Gasteiger partial charge in [-0.3, -0.25) is 4.79 Å². The van der Waals surface area contributed by atoms with Crippen molar-refractivity contribution in [2.24, 2.45) is 5.92 Å². The lowest BCUT2D eigenvalue weighted by atomic mass is 10.00. The maximum atomic E-state index is 13.4. The number of likely N-dealkylation sites (tertiary alicyclic amines) is 1. The molecule has 0 aliphatic carbocycles. The average molecular weight is 342 g/mol. The third-order valence-corrected chi connectivity index (χ3v) is 5.23. The molecule has 2 aromatic rings. The van der Waals surface area contributed by atoms with Gasteiger partial charge in [0.25, 0.3) is 5.91 Å². The third kappa shape index (κ3) is 3.16. The van der Waals surface area contributed by atoms with Gasteiger partial charge in [0, 0.05) is 24.3 Å². The summed E-state index contributed by atoms with van der Waals surface area (Å²) in [5, 5.41) is 5.38. The topological polar surface area (TPSA) is 51.0 Å². The highest BCUT2D eigenvalue weighted by molar-refractivity contribution is 6.05. The van der Waals surface area contributed by atoms with E-state index in [4.69, 9.17) is 4.98 Å². The Morgan fingerprint density at radius 2 is 1.92 bits per heavy atom. The predicted octanol–water partition coefficient (Wildman–Crippen LogP) is 4.40. The summed E-state index contributed by atoms with van der Waals surface area (Å²) < 4.78 is 1.92. The summed E-state index contributed by atoms with van der Waals surface area (Å²) in [5.41, 5.74) is 2.54. The zero-order chi connectivity index (χ0) is 18.3. The molecular formula is C20H30N4O. The molecule has 1 aliphatic heterocycles. The summed E-state index contributed by atoms with van der Waals surface area (Å²) in [6.07, 6.45) is 3.99. The van der Waals surface area contributed by atoms with E-state index in [9.17, 15) is 4.79 Å². The van der Waals surface area contributed by atoms with E-state index in [0.29, 0.717) is 12.0 Å². The number of rotatable bonds is 4. The molecule has 1 aliphatic rings. The summed E-state index contributed by atoms with van der Waals surface area (Å²) in [4.78, 5) is 20.3. The van der Waals surface area contributed by atoms with Crippen LogP contribution in [0.5, 0.6) is 0 Å². The Bertz CT molecular complexity index is 775. The molecule has 0 spiro atoms. The lowest BCUT2D eigenvalue weighted by molar-refractivity contribution is 0.0703. The van der Waals surface area contributed by atoms with Gasteiger partial charge in [-0.1, -0.05) is 27.7 Å². The molecule has 1 unspecified atom stereocenters. The number of hydrogen-bond acceptors (Lipinski definition) is 3. The number of aromatic nitrogens is 3. The second kappa shape index (κ2) is 6.77. The van der Waals surface area contributed by atoms with Crippen LogP contribution in [0.1, 0.15) is 82.4 Å². The highest BCUT2D eigenvalue weighted by Crippen LogP contribution is 2.30. The van der Waals surface area contributed by atoms with Gasteiger partial charge in [-0.25, -0.2) is 9.67 Å². The van der Waals surface area contributed by atoms with Crippen LogP contribution in [0.15, 0.2) is 12.3 Å². The van der Waals surface area contributed by atoms with Crippen LogP contribution in [0.3, 0.4) is 0 Å². The molecule has 5 heteroatoms. The molecule has 0 saturated carbocycles. The van der Waals surface area contributed by atoms with E-state index >= 15 is 0 Å². The molecule has 136 valence electrons. The van der Waals surface area contributed by atoms with Gasteiger partial charge in [0.2, 0.25) is 0 Å². The minimum atomic E-state index is 0.133. The van der Waals surface area contributed by atoms with Gasteiger partial charge in [0.1, 0.15) is 0 Å². The molecule has 3 heterocycles. The summed E-state index contributed by atoms with van der Waals surface area (Å²) >= 11 is 0. The normalized spacial score (nSPS) is 18.3. The minimum absolute atomic E-state index is 0.133. The third-order valence-electron chi connectivity index (χ3n) is 5.23. The van der Waals surface area contributed by atoms with Crippen molar-refractivity contribution in [1.82, 2.24) is 19.7 Å². The maximum Gasteiger partial charge on any atom is 0.254 e. The molecule has 0 radical (unpaired) electrons. The van der Waals surface area contributed by atoms with Crippen molar-refractivity contribution in [2.75, 3.05) is 6.54 Å². The van der Waals surface area contributed by atoms with E-state index in [2.05, 4.69) is 51.5 Å². The second-order valence-electron chi connectivity index (χ2n) is 8.12. The Hall–Kier alpha value is -1.91. The Morgan fingerprint density at radius 1 is 1.20 bits per heavy atom. The Labute approximate surface area is 150 Å². The number of amides is 1. The van der Waals surface area contributed by atoms with E-state index in [1.54, 1.807) is 6.20 Å². The van der Waals surface area contributed by atoms with E-state index in [1.807, 2.05) is 10.7 Å². The molecule has 1 atom stereocenters. The van der Waals surface area contributed by atoms with Crippen LogP contribution in [-0.4, -0.2) is 38.2 Å². The van der Waals surface area contributed by atoms with Crippen molar-refractivity contribution in [1.29, 1.82) is 0 Å². The molecule has 5 nitrogen and oxygen atoms in total. The molecule has 1 fully saturated rings. The van der Waals surface area contributed by atoms with Gasteiger partial charge in [-0.05, 0) is 44.6 Å². The molecule has 0 aromatic carbocycles. The Balaban J connectivity index is 2.13. The average Bonchev–Trinajstić information content (AvgIpc) is 3.19. The van der Waals surface area contributed by atoms with Crippen LogP contribution in [0.25, 0.3) is 11.0 Å². The fourth-order valence-corrected chi connectivity index (χ4v) is 3.78. The smallest absolute Gasteiger partial charge is 0.254 e. The molecule has 3 rings (SSSR count). The number of carbonyl (C=O) groups excluding carboxylic acids is 1. The first kappa shape index (κ1) is 17.9. The lowest BCUT2D eigenvalue weighted by Gasteiger charge is -2.28. The summed E-state index contributed by atoms with van der Waals surface area (Å²) in [6.45, 7) is 13.7. The molecule has 0 bridgehead atoms. The second-order valence-corrected chi connectivity index (χ2v) is 8.12. The van der Waals surface area contributed by atoms with Gasteiger partial charge >= 0.3 is 0 Å². The van der Waals surface area contributed by atoms with Gasteiger partial charge in [-0.15, -0.1) is 0 Å². The van der Waals surface area contributed by atoms with Gasteiger partial charge in [0.05, 0.1) is 17.1 Å². The van der Waals surface area contributed by atoms with Crippen LogP contribution in [-0.2, 0) is 0 Å². The fraction of sp³-hybridized carbons (Fsp3) is 0.650. The molecule has 2 aromatic heterocycles. The van der Waals surface area contributed by atoms with Crippen LogP contribution < -0.4 is 0 Å². The fourth-order valence-electron chi connectivity index (χ4n) is 3.78. The van der Waals surface area contributed by atoms with Crippen molar-refractivity contribution in [3.63, 3.8) is 0 Å².